The Morgan fingerprint density at radius 1 is 1.04 bits per heavy atom. The lowest BCUT2D eigenvalue weighted by atomic mass is 10.1. The van der Waals surface area contributed by atoms with Gasteiger partial charge < -0.3 is 10.6 Å². The van der Waals surface area contributed by atoms with Gasteiger partial charge in [-0.25, -0.2) is 0 Å². The maximum absolute atomic E-state index is 12.2. The zero-order valence-corrected chi connectivity index (χ0v) is 17.4. The molecule has 0 aliphatic heterocycles. The van der Waals surface area contributed by atoms with Crippen LogP contribution in [0.15, 0.2) is 65.0 Å². The predicted molar refractivity (Wildman–Crippen MR) is 117 cm³/mol. The lowest BCUT2D eigenvalue weighted by Gasteiger charge is -2.13. The van der Waals surface area contributed by atoms with E-state index in [1.54, 1.807) is 0 Å². The average Bonchev–Trinajstić information content (AvgIpc) is 3.19. The average molecular weight is 413 g/mol. The van der Waals surface area contributed by atoms with Crippen molar-refractivity contribution in [1.82, 2.24) is 15.5 Å². The van der Waals surface area contributed by atoms with Crippen molar-refractivity contribution in [3.63, 3.8) is 0 Å². The van der Waals surface area contributed by atoms with Gasteiger partial charge in [-0.05, 0) is 30.9 Å². The number of nitrogens with zero attached hydrogens (tertiary/aromatic N) is 2. The number of nitrogens with one attached hydrogen (secondary N) is 2. The highest BCUT2D eigenvalue weighted by molar-refractivity contribution is 8.01. The van der Waals surface area contributed by atoms with Crippen LogP contribution in [0.1, 0.15) is 24.5 Å². The number of aromatic nitrogens is 2. The number of carbonyl (C=O) groups excluding carboxylic acids is 1. The Balaban J connectivity index is 1.35. The van der Waals surface area contributed by atoms with Crippen molar-refractivity contribution >= 4 is 34.1 Å². The van der Waals surface area contributed by atoms with Crippen LogP contribution in [0.25, 0.3) is 0 Å². The number of amides is 1. The molecule has 1 atom stereocenters. The SMILES string of the molecule is C[C@H](CCc1ccccc1)NC(=O)CSc1nnc(NCc2ccccc2)s1. The van der Waals surface area contributed by atoms with Gasteiger partial charge in [0, 0.05) is 12.6 Å². The minimum atomic E-state index is 0.0274. The largest absolute Gasteiger partial charge is 0.356 e. The van der Waals surface area contributed by atoms with E-state index < -0.39 is 0 Å². The van der Waals surface area contributed by atoms with Gasteiger partial charge in [0.25, 0.3) is 0 Å². The van der Waals surface area contributed by atoms with Crippen molar-refractivity contribution in [2.75, 3.05) is 11.1 Å². The molecule has 3 rings (SSSR count). The smallest absolute Gasteiger partial charge is 0.230 e. The second kappa shape index (κ2) is 10.8. The number of anilines is 1. The summed E-state index contributed by atoms with van der Waals surface area (Å²) in [6.07, 6.45) is 1.88. The van der Waals surface area contributed by atoms with Gasteiger partial charge in [0.2, 0.25) is 11.0 Å². The molecule has 0 radical (unpaired) electrons. The quantitative estimate of drug-likeness (QED) is 0.484. The first-order valence-electron chi connectivity index (χ1n) is 9.26. The molecule has 0 aliphatic rings. The van der Waals surface area contributed by atoms with Gasteiger partial charge in [-0.15, -0.1) is 10.2 Å². The third-order valence-corrected chi connectivity index (χ3v) is 6.15. The van der Waals surface area contributed by atoms with E-state index in [4.69, 9.17) is 0 Å². The van der Waals surface area contributed by atoms with E-state index in [-0.39, 0.29) is 11.9 Å². The lowest BCUT2D eigenvalue weighted by Crippen LogP contribution is -2.34. The number of hydrogen-bond donors (Lipinski definition) is 2. The second-order valence-corrected chi connectivity index (χ2v) is 8.69. The number of rotatable bonds is 10. The Bertz CT molecular complexity index is 855. The maximum atomic E-state index is 12.2. The van der Waals surface area contributed by atoms with Crippen LogP contribution in [-0.2, 0) is 17.8 Å². The fourth-order valence-electron chi connectivity index (χ4n) is 2.66. The fraction of sp³-hybridized carbons (Fsp3) is 0.286. The minimum Gasteiger partial charge on any atom is -0.356 e. The van der Waals surface area contributed by atoms with Crippen LogP contribution in [0.4, 0.5) is 5.13 Å². The summed E-state index contributed by atoms with van der Waals surface area (Å²) in [5.74, 6) is 0.378. The molecule has 146 valence electrons. The first kappa shape index (κ1) is 20.4. The second-order valence-electron chi connectivity index (χ2n) is 6.49. The molecule has 7 heteroatoms. The monoisotopic (exact) mass is 412 g/mol. The van der Waals surface area contributed by atoms with Gasteiger partial charge in [0.05, 0.1) is 5.75 Å². The van der Waals surface area contributed by atoms with E-state index in [0.717, 1.165) is 22.3 Å². The molecule has 0 unspecified atom stereocenters. The Labute approximate surface area is 174 Å². The first-order valence-corrected chi connectivity index (χ1v) is 11.1. The van der Waals surface area contributed by atoms with Crippen LogP contribution >= 0.6 is 23.1 Å². The van der Waals surface area contributed by atoms with Gasteiger partial charge >= 0.3 is 0 Å². The molecule has 5 nitrogen and oxygen atoms in total. The summed E-state index contributed by atoms with van der Waals surface area (Å²) in [5.41, 5.74) is 2.48. The maximum Gasteiger partial charge on any atom is 0.230 e. The zero-order chi connectivity index (χ0) is 19.6. The summed E-state index contributed by atoms with van der Waals surface area (Å²) in [7, 11) is 0. The van der Waals surface area contributed by atoms with Crippen LogP contribution < -0.4 is 10.6 Å². The van der Waals surface area contributed by atoms with Crippen LogP contribution in [0.5, 0.6) is 0 Å². The molecule has 0 aliphatic carbocycles. The predicted octanol–water partition coefficient (Wildman–Crippen LogP) is 4.38. The highest BCUT2D eigenvalue weighted by Crippen LogP contribution is 2.25. The Kier molecular flexibility index (Phi) is 7.87. The van der Waals surface area contributed by atoms with Crippen molar-refractivity contribution in [2.45, 2.75) is 36.7 Å². The molecule has 1 aromatic heterocycles. The van der Waals surface area contributed by atoms with E-state index in [2.05, 4.69) is 45.1 Å². The third-order valence-electron chi connectivity index (χ3n) is 4.14. The standard InChI is InChI=1S/C21H24N4OS2/c1-16(12-13-17-8-4-2-5-9-17)23-19(26)15-27-21-25-24-20(28-21)22-14-18-10-6-3-7-11-18/h2-11,16H,12-15H2,1H3,(H,22,24)(H,23,26)/t16-/m1/s1. The van der Waals surface area contributed by atoms with E-state index >= 15 is 0 Å². The Morgan fingerprint density at radius 2 is 1.71 bits per heavy atom. The Morgan fingerprint density at radius 3 is 2.43 bits per heavy atom. The summed E-state index contributed by atoms with van der Waals surface area (Å²) in [6.45, 7) is 2.75. The molecule has 3 aromatic rings. The van der Waals surface area contributed by atoms with Crippen molar-refractivity contribution in [3.05, 3.63) is 71.8 Å². The molecule has 1 amide bonds. The number of aryl methyl sites for hydroxylation is 1. The number of hydrogen-bond acceptors (Lipinski definition) is 6. The van der Waals surface area contributed by atoms with E-state index in [1.165, 1.54) is 34.2 Å². The molecule has 2 N–H and O–H groups in total. The Hall–Kier alpha value is -2.38. The highest BCUT2D eigenvalue weighted by Gasteiger charge is 2.11. The molecule has 1 heterocycles. The van der Waals surface area contributed by atoms with Crippen LogP contribution in [0.2, 0.25) is 0 Å². The third kappa shape index (κ3) is 6.98. The lowest BCUT2D eigenvalue weighted by molar-refractivity contribution is -0.119. The molecular weight excluding hydrogens is 388 g/mol. The summed E-state index contributed by atoms with van der Waals surface area (Å²) in [6, 6.07) is 20.6. The number of carbonyl (C=O) groups is 1. The normalized spacial score (nSPS) is 11.8. The van der Waals surface area contributed by atoms with Crippen molar-refractivity contribution in [2.24, 2.45) is 0 Å². The van der Waals surface area contributed by atoms with E-state index in [0.29, 0.717) is 12.3 Å². The molecule has 0 spiro atoms. The molecule has 0 fully saturated rings. The van der Waals surface area contributed by atoms with Gasteiger partial charge in [0.1, 0.15) is 0 Å². The summed E-state index contributed by atoms with van der Waals surface area (Å²) >= 11 is 2.89. The van der Waals surface area contributed by atoms with Crippen LogP contribution in [0.3, 0.4) is 0 Å². The van der Waals surface area contributed by atoms with Gasteiger partial charge in [-0.1, -0.05) is 83.8 Å². The molecule has 0 bridgehead atoms. The molecule has 2 aromatic carbocycles. The summed E-state index contributed by atoms with van der Waals surface area (Å²) < 4.78 is 0.794. The van der Waals surface area contributed by atoms with Crippen LogP contribution in [-0.4, -0.2) is 27.9 Å². The highest BCUT2D eigenvalue weighted by atomic mass is 32.2. The summed E-state index contributed by atoms with van der Waals surface area (Å²) in [4.78, 5) is 12.2. The van der Waals surface area contributed by atoms with Crippen molar-refractivity contribution < 1.29 is 4.79 Å². The van der Waals surface area contributed by atoms with Gasteiger partial charge in [0.15, 0.2) is 4.34 Å². The van der Waals surface area contributed by atoms with Crippen LogP contribution in [0, 0.1) is 0 Å². The molecule has 0 saturated heterocycles. The number of thioether (sulfide) groups is 1. The van der Waals surface area contributed by atoms with E-state index in [1.807, 2.05) is 43.3 Å². The first-order chi connectivity index (χ1) is 13.7. The molecular formula is C21H24N4OS2. The van der Waals surface area contributed by atoms with Gasteiger partial charge in [-0.2, -0.15) is 0 Å². The summed E-state index contributed by atoms with van der Waals surface area (Å²) in [5, 5.41) is 15.4. The molecule has 0 saturated carbocycles. The number of benzene rings is 2. The molecule has 28 heavy (non-hydrogen) atoms. The minimum absolute atomic E-state index is 0.0274. The fourth-order valence-corrected chi connectivity index (χ4v) is 4.22. The zero-order valence-electron chi connectivity index (χ0n) is 15.8. The van der Waals surface area contributed by atoms with Crippen molar-refractivity contribution in [3.8, 4) is 0 Å². The van der Waals surface area contributed by atoms with Gasteiger partial charge in [-0.3, -0.25) is 4.79 Å². The van der Waals surface area contributed by atoms with E-state index in [9.17, 15) is 4.79 Å². The topological polar surface area (TPSA) is 66.9 Å². The van der Waals surface area contributed by atoms with Crippen molar-refractivity contribution in [1.29, 1.82) is 0 Å².